The zero-order chi connectivity index (χ0) is 43.9. The van der Waals surface area contributed by atoms with Crippen LogP contribution in [0.3, 0.4) is 0 Å². The number of nitrogens with one attached hydrogen (secondary N) is 3. The van der Waals surface area contributed by atoms with Gasteiger partial charge < -0.3 is 31.1 Å². The quantitative estimate of drug-likeness (QED) is 0.158. The van der Waals surface area contributed by atoms with Crippen molar-refractivity contribution in [3.8, 4) is 11.3 Å². The third kappa shape index (κ3) is 8.13. The molecule has 9 rings (SSSR count). The summed E-state index contributed by atoms with van der Waals surface area (Å²) in [6, 6.07) is 21.7. The highest BCUT2D eigenvalue weighted by atomic mass is 19.1. The molecule has 17 heteroatoms. The fourth-order valence-corrected chi connectivity index (χ4v) is 9.02. The topological polar surface area (TPSA) is 191 Å². The van der Waals surface area contributed by atoms with Crippen molar-refractivity contribution in [1.82, 2.24) is 25.0 Å². The predicted octanol–water partition coefficient (Wildman–Crippen LogP) is 5.36. The van der Waals surface area contributed by atoms with E-state index < -0.39 is 23.7 Å². The van der Waals surface area contributed by atoms with Crippen LogP contribution in [0.25, 0.3) is 11.3 Å². The molecule has 0 atom stereocenters. The number of anilines is 6. The second kappa shape index (κ2) is 16.9. The second-order valence-electron chi connectivity index (χ2n) is 16.4. The van der Waals surface area contributed by atoms with E-state index in [1.165, 1.54) is 19.1 Å². The number of halogens is 1. The molecule has 63 heavy (non-hydrogen) atoms. The minimum absolute atomic E-state index is 0.0362. The highest BCUT2D eigenvalue weighted by Crippen LogP contribution is 2.38. The molecule has 0 unspecified atom stereocenters. The van der Waals surface area contributed by atoms with Crippen molar-refractivity contribution < 1.29 is 28.4 Å². The van der Waals surface area contributed by atoms with Crippen LogP contribution in [0.4, 0.5) is 43.6 Å². The Bertz CT molecular complexity index is 2650. The van der Waals surface area contributed by atoms with Gasteiger partial charge >= 0.3 is 6.03 Å². The first-order valence-electron chi connectivity index (χ1n) is 21.3. The maximum absolute atomic E-state index is 16.1. The summed E-state index contributed by atoms with van der Waals surface area (Å²) in [5.41, 5.74) is 11.7. The van der Waals surface area contributed by atoms with Gasteiger partial charge in [0, 0.05) is 104 Å². The Hall–Kier alpha value is -7.30. The summed E-state index contributed by atoms with van der Waals surface area (Å²) in [4.78, 5) is 76.0. The molecule has 3 saturated heterocycles. The molecule has 0 radical (unpaired) electrons. The molecule has 5 aromatic rings. The van der Waals surface area contributed by atoms with Gasteiger partial charge in [0.2, 0.25) is 11.8 Å². The molecule has 4 aliphatic rings. The number of piperidine rings is 1. The molecule has 0 bridgehead atoms. The highest BCUT2D eigenvalue weighted by Gasteiger charge is 2.33. The van der Waals surface area contributed by atoms with Gasteiger partial charge in [-0.05, 0) is 111 Å². The van der Waals surface area contributed by atoms with Crippen molar-refractivity contribution in [1.29, 1.82) is 0 Å². The van der Waals surface area contributed by atoms with Gasteiger partial charge in [0.25, 0.3) is 11.8 Å². The average molecular weight is 854 g/mol. The molecule has 3 fully saturated rings. The number of hydrogen-bond acceptors (Lipinski definition) is 10. The first-order chi connectivity index (χ1) is 30.4. The van der Waals surface area contributed by atoms with Gasteiger partial charge in [-0.2, -0.15) is 5.10 Å². The van der Waals surface area contributed by atoms with Crippen molar-refractivity contribution in [3.05, 3.63) is 107 Å². The highest BCUT2D eigenvalue weighted by molar-refractivity contribution is 6.07. The van der Waals surface area contributed by atoms with Gasteiger partial charge in [0.1, 0.15) is 28.7 Å². The Balaban J connectivity index is 0.815. The summed E-state index contributed by atoms with van der Waals surface area (Å²) in [6.45, 7) is 8.22. The van der Waals surface area contributed by atoms with Crippen LogP contribution in [-0.4, -0.2) is 95.1 Å². The lowest BCUT2D eigenvalue weighted by Crippen LogP contribution is -2.51. The summed E-state index contributed by atoms with van der Waals surface area (Å²) < 4.78 is 17.7. The van der Waals surface area contributed by atoms with Crippen LogP contribution in [0, 0.1) is 25.6 Å². The van der Waals surface area contributed by atoms with Crippen molar-refractivity contribution in [2.75, 3.05) is 71.1 Å². The normalized spacial score (nSPS) is 16.7. The average Bonchev–Trinajstić information content (AvgIpc) is 3.54. The van der Waals surface area contributed by atoms with Crippen LogP contribution in [0.15, 0.2) is 72.8 Å². The van der Waals surface area contributed by atoms with E-state index in [1.54, 1.807) is 34.7 Å². The van der Waals surface area contributed by atoms with Crippen molar-refractivity contribution in [2.45, 2.75) is 46.1 Å². The Labute approximate surface area is 363 Å². The second-order valence-corrected chi connectivity index (χ2v) is 16.4. The standard InChI is InChI=1S/C46H48FN11O5/c1-27-4-3-5-37(49-27)51-44(61)34-11-12-35(40(47)28(34)2)41-39(42(48)60)43-50-36-13-10-33(26-30(36)16-21-58(43)53-41)55-22-24-56(25-23-55)45(62)29-14-18-54(19-15-29)31-6-8-32(9-7-31)57-20-17-38(59)52-46(57)63/h3-13,26,29,50H,14-25H2,1-2H3,(H2,48,60)(H,49,51,61)(H,52,59,63). The van der Waals surface area contributed by atoms with E-state index in [1.807, 2.05) is 41.3 Å². The minimum atomic E-state index is -0.766. The molecule has 16 nitrogen and oxygen atoms in total. The third-order valence-electron chi connectivity index (χ3n) is 12.5. The molecule has 6 amide bonds. The van der Waals surface area contributed by atoms with E-state index in [-0.39, 0.29) is 52.1 Å². The number of benzene rings is 3. The van der Waals surface area contributed by atoms with Crippen molar-refractivity contribution >= 4 is 64.0 Å². The lowest BCUT2D eigenvalue weighted by atomic mass is 9.94. The molecule has 5 N–H and O–H groups in total. The van der Waals surface area contributed by atoms with E-state index in [0.717, 1.165) is 59.9 Å². The number of piperazine rings is 1. The lowest BCUT2D eigenvalue weighted by Gasteiger charge is -2.40. The van der Waals surface area contributed by atoms with Gasteiger partial charge in [0.05, 0.1) is 0 Å². The van der Waals surface area contributed by atoms with Crippen LogP contribution in [-0.2, 0) is 22.6 Å². The predicted molar refractivity (Wildman–Crippen MR) is 237 cm³/mol. The molecule has 0 spiro atoms. The summed E-state index contributed by atoms with van der Waals surface area (Å²) in [7, 11) is 0. The number of aryl methyl sites for hydroxylation is 3. The number of amides is 6. The Morgan fingerprint density at radius 3 is 2.22 bits per heavy atom. The van der Waals surface area contributed by atoms with E-state index in [9.17, 15) is 24.0 Å². The first-order valence-corrected chi connectivity index (χ1v) is 21.3. The van der Waals surface area contributed by atoms with E-state index >= 15 is 4.39 Å². The van der Waals surface area contributed by atoms with Gasteiger partial charge in [-0.1, -0.05) is 6.07 Å². The number of pyridine rings is 1. The zero-order valence-corrected chi connectivity index (χ0v) is 35.1. The maximum atomic E-state index is 16.1. The number of imide groups is 1. The van der Waals surface area contributed by atoms with Crippen LogP contribution in [0.1, 0.15) is 56.8 Å². The van der Waals surface area contributed by atoms with E-state index in [0.29, 0.717) is 57.3 Å². The fourth-order valence-electron chi connectivity index (χ4n) is 9.02. The molecule has 324 valence electrons. The summed E-state index contributed by atoms with van der Waals surface area (Å²) in [5.74, 6) is -1.33. The third-order valence-corrected chi connectivity index (χ3v) is 12.5. The molecule has 4 aliphatic heterocycles. The largest absolute Gasteiger partial charge is 0.371 e. The number of aromatic nitrogens is 3. The number of rotatable bonds is 8. The van der Waals surface area contributed by atoms with Crippen molar-refractivity contribution in [2.24, 2.45) is 11.7 Å². The number of carbonyl (C=O) groups is 5. The lowest BCUT2D eigenvalue weighted by molar-refractivity contribution is -0.136. The van der Waals surface area contributed by atoms with Crippen molar-refractivity contribution in [3.63, 3.8) is 0 Å². The maximum Gasteiger partial charge on any atom is 0.328 e. The number of carbonyl (C=O) groups excluding carboxylic acids is 5. The molecule has 0 aliphatic carbocycles. The van der Waals surface area contributed by atoms with Gasteiger partial charge in [-0.15, -0.1) is 0 Å². The Morgan fingerprint density at radius 2 is 1.51 bits per heavy atom. The first kappa shape index (κ1) is 41.1. The monoisotopic (exact) mass is 853 g/mol. The van der Waals surface area contributed by atoms with Gasteiger partial charge in [-0.3, -0.25) is 29.4 Å². The Morgan fingerprint density at radius 1 is 0.794 bits per heavy atom. The van der Waals surface area contributed by atoms with Gasteiger partial charge in [-0.25, -0.2) is 18.9 Å². The fraction of sp³-hybridized carbons (Fsp3) is 0.326. The number of hydrogen-bond donors (Lipinski definition) is 4. The SMILES string of the molecule is Cc1cccc(NC(=O)c2ccc(-c3nn4c(c3C(N)=O)Nc3ccc(N5CCN(C(=O)C6CCN(c7ccc(N8CCC(=O)NC8=O)cc7)CC6)CC5)cc3CC4)c(F)c2C)n1. The van der Waals surface area contributed by atoms with Crippen LogP contribution < -0.4 is 36.4 Å². The molecule has 2 aromatic heterocycles. The van der Waals surface area contributed by atoms with Crippen LogP contribution in [0.2, 0.25) is 0 Å². The molecule has 6 heterocycles. The minimum Gasteiger partial charge on any atom is -0.371 e. The zero-order valence-electron chi connectivity index (χ0n) is 35.1. The molecule has 3 aromatic carbocycles. The van der Waals surface area contributed by atoms with Gasteiger partial charge in [0.15, 0.2) is 0 Å². The number of nitrogens with two attached hydrogens (primary N) is 1. The molecule has 0 saturated carbocycles. The number of primary amides is 1. The number of urea groups is 1. The molecular formula is C46H48FN11O5. The summed E-state index contributed by atoms with van der Waals surface area (Å²) in [5, 5.41) is 13.1. The Kier molecular flexibility index (Phi) is 11.0. The number of fused-ring (bicyclic) bond motifs is 2. The van der Waals surface area contributed by atoms with Crippen LogP contribution >= 0.6 is 0 Å². The van der Waals surface area contributed by atoms with Crippen LogP contribution in [0.5, 0.6) is 0 Å². The number of nitrogens with zero attached hydrogens (tertiary/aromatic N) is 7. The summed E-state index contributed by atoms with van der Waals surface area (Å²) >= 11 is 0. The molecular weight excluding hydrogens is 806 g/mol. The summed E-state index contributed by atoms with van der Waals surface area (Å²) in [6.07, 6.45) is 2.38. The van der Waals surface area contributed by atoms with E-state index in [2.05, 4.69) is 41.9 Å². The smallest absolute Gasteiger partial charge is 0.328 e. The van der Waals surface area contributed by atoms with E-state index in [4.69, 9.17) is 5.73 Å².